The largest absolute Gasteiger partial charge is 0.311 e. The molecule has 66 valence electrons. The minimum Gasteiger partial charge on any atom is -0.311 e. The van der Waals surface area contributed by atoms with Crippen molar-refractivity contribution in [2.24, 2.45) is 0 Å². The Bertz CT molecular complexity index is 97.5. The van der Waals surface area contributed by atoms with Crippen LogP contribution in [-0.4, -0.2) is 37.2 Å². The summed E-state index contributed by atoms with van der Waals surface area (Å²) in [7, 11) is 0. The molecule has 1 heterocycles. The van der Waals surface area contributed by atoms with Gasteiger partial charge in [-0.05, 0) is 25.4 Å². The van der Waals surface area contributed by atoms with Crippen LogP contribution in [0.4, 0.5) is 0 Å². The molecular weight excluding hydrogens is 156 g/mol. The topological polar surface area (TPSA) is 24.1 Å². The molecule has 2 nitrogen and oxygen atoms in total. The number of piperazine rings is 1. The van der Waals surface area contributed by atoms with E-state index in [0.717, 1.165) is 13.1 Å². The highest BCUT2D eigenvalue weighted by Crippen LogP contribution is 2.02. The van der Waals surface area contributed by atoms with Crippen LogP contribution in [0.3, 0.4) is 0 Å². The Hall–Kier alpha value is 0.270. The average Bonchev–Trinajstić information content (AvgIpc) is 2.04. The van der Waals surface area contributed by atoms with Gasteiger partial charge in [-0.3, -0.25) is 0 Å². The van der Waals surface area contributed by atoms with Crippen LogP contribution in [0, 0.1) is 0 Å². The van der Waals surface area contributed by atoms with Crippen LogP contribution in [0.1, 0.15) is 13.3 Å². The molecule has 1 aliphatic rings. The molecule has 0 aromatic rings. The van der Waals surface area contributed by atoms with Gasteiger partial charge in [0.2, 0.25) is 0 Å². The van der Waals surface area contributed by atoms with Crippen molar-refractivity contribution >= 4 is 11.8 Å². The van der Waals surface area contributed by atoms with Gasteiger partial charge in [-0.1, -0.05) is 0 Å². The zero-order valence-electron chi connectivity index (χ0n) is 7.39. The third-order valence-electron chi connectivity index (χ3n) is 2.10. The molecule has 3 heteroatoms. The van der Waals surface area contributed by atoms with Crippen molar-refractivity contribution in [2.75, 3.05) is 25.1 Å². The lowest BCUT2D eigenvalue weighted by molar-refractivity contribution is 0.355. The number of hydrogen-bond donors (Lipinski definition) is 2. The average molecular weight is 174 g/mol. The van der Waals surface area contributed by atoms with Crippen molar-refractivity contribution in [3.63, 3.8) is 0 Å². The highest BCUT2D eigenvalue weighted by atomic mass is 32.2. The van der Waals surface area contributed by atoms with E-state index >= 15 is 0 Å². The molecule has 2 N–H and O–H groups in total. The molecular formula is C8H18N2S. The fraction of sp³-hybridized carbons (Fsp3) is 1.00. The summed E-state index contributed by atoms with van der Waals surface area (Å²) in [5, 5.41) is 7.00. The summed E-state index contributed by atoms with van der Waals surface area (Å²) in [5.41, 5.74) is 0. The van der Waals surface area contributed by atoms with Gasteiger partial charge in [-0.15, -0.1) is 0 Å². The van der Waals surface area contributed by atoms with E-state index in [0.29, 0.717) is 12.1 Å². The van der Waals surface area contributed by atoms with Crippen LogP contribution >= 0.6 is 11.8 Å². The van der Waals surface area contributed by atoms with E-state index in [1.54, 1.807) is 0 Å². The Morgan fingerprint density at radius 1 is 1.36 bits per heavy atom. The second-order valence-electron chi connectivity index (χ2n) is 3.20. The van der Waals surface area contributed by atoms with Crippen molar-refractivity contribution < 1.29 is 0 Å². The first-order valence-electron chi connectivity index (χ1n) is 4.28. The number of thioether (sulfide) groups is 1. The number of hydrogen-bond acceptors (Lipinski definition) is 3. The maximum Gasteiger partial charge on any atom is 0.0201 e. The van der Waals surface area contributed by atoms with Crippen molar-refractivity contribution in [1.29, 1.82) is 0 Å². The first-order valence-corrected chi connectivity index (χ1v) is 5.68. The van der Waals surface area contributed by atoms with Crippen molar-refractivity contribution in [3.05, 3.63) is 0 Å². The SMILES string of the molecule is CSCCC1CNC(C)CN1. The minimum absolute atomic E-state index is 0.653. The normalized spacial score (nSPS) is 32.2. The van der Waals surface area contributed by atoms with Crippen LogP contribution < -0.4 is 10.6 Å². The van der Waals surface area contributed by atoms with E-state index in [4.69, 9.17) is 0 Å². The molecule has 0 amide bonds. The lowest BCUT2D eigenvalue weighted by Gasteiger charge is -2.28. The summed E-state index contributed by atoms with van der Waals surface area (Å²) in [6.07, 6.45) is 3.46. The summed E-state index contributed by atoms with van der Waals surface area (Å²) >= 11 is 1.93. The van der Waals surface area contributed by atoms with Crippen LogP contribution in [0.25, 0.3) is 0 Å². The summed E-state index contributed by atoms with van der Waals surface area (Å²) in [5.74, 6) is 1.27. The quantitative estimate of drug-likeness (QED) is 0.658. The van der Waals surface area contributed by atoms with E-state index < -0.39 is 0 Å². The van der Waals surface area contributed by atoms with Crippen LogP contribution in [0.15, 0.2) is 0 Å². The second-order valence-corrected chi connectivity index (χ2v) is 4.18. The van der Waals surface area contributed by atoms with E-state index in [9.17, 15) is 0 Å². The van der Waals surface area contributed by atoms with Crippen LogP contribution in [0.5, 0.6) is 0 Å². The molecule has 0 saturated carbocycles. The molecule has 1 rings (SSSR count). The Labute approximate surface area is 73.5 Å². The number of nitrogens with one attached hydrogen (secondary N) is 2. The van der Waals surface area contributed by atoms with Gasteiger partial charge in [-0.2, -0.15) is 11.8 Å². The third kappa shape index (κ3) is 3.45. The minimum atomic E-state index is 0.653. The molecule has 0 spiro atoms. The van der Waals surface area contributed by atoms with Gasteiger partial charge in [0.25, 0.3) is 0 Å². The predicted molar refractivity (Wildman–Crippen MR) is 52.3 cm³/mol. The maximum atomic E-state index is 3.53. The molecule has 2 atom stereocenters. The van der Waals surface area contributed by atoms with Crippen molar-refractivity contribution in [1.82, 2.24) is 10.6 Å². The van der Waals surface area contributed by atoms with Gasteiger partial charge in [0.05, 0.1) is 0 Å². The van der Waals surface area contributed by atoms with Gasteiger partial charge >= 0.3 is 0 Å². The number of rotatable bonds is 3. The molecule has 0 aromatic heterocycles. The Balaban J connectivity index is 2.07. The fourth-order valence-corrected chi connectivity index (χ4v) is 1.82. The van der Waals surface area contributed by atoms with Crippen molar-refractivity contribution in [2.45, 2.75) is 25.4 Å². The molecule has 1 fully saturated rings. The predicted octanol–water partition coefficient (Wildman–Crippen LogP) is 0.689. The second kappa shape index (κ2) is 5.01. The molecule has 11 heavy (non-hydrogen) atoms. The molecule has 2 unspecified atom stereocenters. The molecule has 0 aromatic carbocycles. The van der Waals surface area contributed by atoms with E-state index in [2.05, 4.69) is 23.8 Å². The zero-order chi connectivity index (χ0) is 8.10. The molecule has 0 aliphatic carbocycles. The Morgan fingerprint density at radius 2 is 2.18 bits per heavy atom. The highest BCUT2D eigenvalue weighted by Gasteiger charge is 2.15. The smallest absolute Gasteiger partial charge is 0.0201 e. The van der Waals surface area contributed by atoms with E-state index in [1.165, 1.54) is 12.2 Å². The summed E-state index contributed by atoms with van der Waals surface area (Å²) in [6.45, 7) is 4.48. The first kappa shape index (κ1) is 9.36. The Morgan fingerprint density at radius 3 is 2.73 bits per heavy atom. The van der Waals surface area contributed by atoms with Gasteiger partial charge in [-0.25, -0.2) is 0 Å². The molecule has 1 aliphatic heterocycles. The van der Waals surface area contributed by atoms with Gasteiger partial charge in [0, 0.05) is 25.2 Å². The highest BCUT2D eigenvalue weighted by molar-refractivity contribution is 7.98. The summed E-state index contributed by atoms with van der Waals surface area (Å²) in [4.78, 5) is 0. The fourth-order valence-electron chi connectivity index (χ4n) is 1.30. The monoisotopic (exact) mass is 174 g/mol. The first-order chi connectivity index (χ1) is 5.33. The summed E-state index contributed by atoms with van der Waals surface area (Å²) in [6, 6.07) is 1.36. The van der Waals surface area contributed by atoms with Gasteiger partial charge < -0.3 is 10.6 Å². The Kier molecular flexibility index (Phi) is 4.26. The maximum absolute atomic E-state index is 3.53. The lowest BCUT2D eigenvalue weighted by Crippen LogP contribution is -2.53. The van der Waals surface area contributed by atoms with E-state index in [-0.39, 0.29) is 0 Å². The standard InChI is InChI=1S/C8H18N2S/c1-7-5-10-8(6-9-7)3-4-11-2/h7-10H,3-6H2,1-2H3. The molecule has 0 radical (unpaired) electrons. The van der Waals surface area contributed by atoms with Gasteiger partial charge in [0.15, 0.2) is 0 Å². The molecule has 1 saturated heterocycles. The van der Waals surface area contributed by atoms with E-state index in [1.807, 2.05) is 11.8 Å². The third-order valence-corrected chi connectivity index (χ3v) is 2.74. The van der Waals surface area contributed by atoms with Crippen LogP contribution in [0.2, 0.25) is 0 Å². The zero-order valence-corrected chi connectivity index (χ0v) is 8.21. The van der Waals surface area contributed by atoms with Crippen molar-refractivity contribution in [3.8, 4) is 0 Å². The van der Waals surface area contributed by atoms with Gasteiger partial charge in [0.1, 0.15) is 0 Å². The summed E-state index contributed by atoms with van der Waals surface area (Å²) < 4.78 is 0. The lowest BCUT2D eigenvalue weighted by atomic mass is 10.1. The molecule has 0 bridgehead atoms. The van der Waals surface area contributed by atoms with Crippen LogP contribution in [-0.2, 0) is 0 Å².